The first-order chi connectivity index (χ1) is 6.83. The zero-order valence-electron chi connectivity index (χ0n) is 6.92. The highest BCUT2D eigenvalue weighted by molar-refractivity contribution is 9.10. The van der Waals surface area contributed by atoms with Crippen LogP contribution in [0.25, 0.3) is 5.82 Å². The van der Waals surface area contributed by atoms with Crippen molar-refractivity contribution in [1.82, 2.24) is 19.5 Å². The molecule has 0 fully saturated rings. The summed E-state index contributed by atoms with van der Waals surface area (Å²) in [6.07, 6.45) is 6.25. The molecule has 0 unspecified atom stereocenters. The van der Waals surface area contributed by atoms with Crippen molar-refractivity contribution in [3.8, 4) is 11.9 Å². The highest BCUT2D eigenvalue weighted by Gasteiger charge is 2.07. The highest BCUT2D eigenvalue weighted by Crippen LogP contribution is 2.17. The van der Waals surface area contributed by atoms with E-state index in [1.54, 1.807) is 23.2 Å². The van der Waals surface area contributed by atoms with Crippen molar-refractivity contribution in [2.45, 2.75) is 0 Å². The SMILES string of the molecule is N#Cc1nccn1-c1ncncc1Br. The Labute approximate surface area is 88.2 Å². The number of halogens is 1. The zero-order valence-corrected chi connectivity index (χ0v) is 8.51. The molecule has 2 aromatic rings. The summed E-state index contributed by atoms with van der Waals surface area (Å²) >= 11 is 3.30. The van der Waals surface area contributed by atoms with E-state index in [0.29, 0.717) is 11.6 Å². The first kappa shape index (κ1) is 8.84. The summed E-state index contributed by atoms with van der Waals surface area (Å²) in [5, 5.41) is 8.77. The number of nitriles is 1. The maximum absolute atomic E-state index is 8.77. The standard InChI is InChI=1S/C8H4BrN5/c9-6-4-11-5-13-8(6)14-2-1-12-7(14)3-10/h1-2,4-5H. The molecule has 0 saturated carbocycles. The first-order valence-electron chi connectivity index (χ1n) is 3.72. The Kier molecular flexibility index (Phi) is 2.24. The van der Waals surface area contributed by atoms with Crippen molar-refractivity contribution < 1.29 is 0 Å². The molecule has 68 valence electrons. The summed E-state index contributed by atoms with van der Waals surface area (Å²) in [5.41, 5.74) is 0. The third-order valence-electron chi connectivity index (χ3n) is 1.62. The van der Waals surface area contributed by atoms with Crippen LogP contribution < -0.4 is 0 Å². The van der Waals surface area contributed by atoms with Crippen LogP contribution in [-0.4, -0.2) is 19.5 Å². The molecular formula is C8H4BrN5. The van der Waals surface area contributed by atoms with Crippen LogP contribution in [0.4, 0.5) is 0 Å². The molecule has 0 bridgehead atoms. The van der Waals surface area contributed by atoms with Gasteiger partial charge in [0.05, 0.1) is 4.47 Å². The predicted molar refractivity (Wildman–Crippen MR) is 51.6 cm³/mol. The minimum absolute atomic E-state index is 0.296. The third-order valence-corrected chi connectivity index (χ3v) is 2.18. The summed E-state index contributed by atoms with van der Waals surface area (Å²) in [6.45, 7) is 0. The summed E-state index contributed by atoms with van der Waals surface area (Å²) in [5.74, 6) is 0.901. The van der Waals surface area contributed by atoms with Crippen molar-refractivity contribution in [2.24, 2.45) is 0 Å². The molecule has 5 nitrogen and oxygen atoms in total. The second-order valence-corrected chi connectivity index (χ2v) is 3.28. The van der Waals surface area contributed by atoms with Crippen LogP contribution in [0.1, 0.15) is 5.82 Å². The monoisotopic (exact) mass is 249 g/mol. The van der Waals surface area contributed by atoms with E-state index in [-0.39, 0.29) is 0 Å². The topological polar surface area (TPSA) is 67.4 Å². The normalized spacial score (nSPS) is 9.71. The van der Waals surface area contributed by atoms with Gasteiger partial charge in [-0.05, 0) is 15.9 Å². The number of hydrogen-bond acceptors (Lipinski definition) is 4. The Bertz CT molecular complexity index is 498. The minimum atomic E-state index is 0.296. The fourth-order valence-corrected chi connectivity index (χ4v) is 1.45. The first-order valence-corrected chi connectivity index (χ1v) is 4.51. The van der Waals surface area contributed by atoms with Gasteiger partial charge in [0.2, 0.25) is 5.82 Å². The van der Waals surface area contributed by atoms with E-state index in [1.807, 2.05) is 6.07 Å². The Morgan fingerprint density at radius 2 is 2.29 bits per heavy atom. The van der Waals surface area contributed by atoms with Gasteiger partial charge < -0.3 is 0 Å². The molecule has 0 N–H and O–H groups in total. The van der Waals surface area contributed by atoms with Crippen LogP contribution in [0.5, 0.6) is 0 Å². The molecule has 2 rings (SSSR count). The van der Waals surface area contributed by atoms with Crippen LogP contribution in [0.3, 0.4) is 0 Å². The lowest BCUT2D eigenvalue weighted by Crippen LogP contribution is -2.00. The average molecular weight is 250 g/mol. The molecule has 0 radical (unpaired) electrons. The lowest BCUT2D eigenvalue weighted by atomic mass is 10.5. The van der Waals surface area contributed by atoms with E-state index in [2.05, 4.69) is 30.9 Å². The van der Waals surface area contributed by atoms with E-state index < -0.39 is 0 Å². The van der Waals surface area contributed by atoms with Crippen molar-refractivity contribution in [3.05, 3.63) is 35.2 Å². The van der Waals surface area contributed by atoms with Crippen molar-refractivity contribution in [3.63, 3.8) is 0 Å². The van der Waals surface area contributed by atoms with E-state index in [1.165, 1.54) is 6.33 Å². The average Bonchev–Trinajstić information content (AvgIpc) is 2.66. The summed E-state index contributed by atoms with van der Waals surface area (Å²) < 4.78 is 2.31. The lowest BCUT2D eigenvalue weighted by molar-refractivity contribution is 0.940. The largest absolute Gasteiger partial charge is 0.274 e. The predicted octanol–water partition coefficient (Wildman–Crippen LogP) is 1.30. The maximum Gasteiger partial charge on any atom is 0.218 e. The number of aromatic nitrogens is 4. The summed E-state index contributed by atoms with van der Waals surface area (Å²) in [6, 6.07) is 1.97. The van der Waals surface area contributed by atoms with E-state index in [0.717, 1.165) is 4.47 Å². The van der Waals surface area contributed by atoms with Crippen LogP contribution >= 0.6 is 15.9 Å². The molecule has 14 heavy (non-hydrogen) atoms. The van der Waals surface area contributed by atoms with Gasteiger partial charge in [-0.1, -0.05) is 0 Å². The molecule has 2 aromatic heterocycles. The van der Waals surface area contributed by atoms with Gasteiger partial charge in [0.15, 0.2) is 5.82 Å². The molecule has 0 atom stereocenters. The van der Waals surface area contributed by atoms with E-state index in [4.69, 9.17) is 5.26 Å². The van der Waals surface area contributed by atoms with Gasteiger partial charge in [-0.3, -0.25) is 4.57 Å². The molecule has 0 saturated heterocycles. The van der Waals surface area contributed by atoms with Crippen LogP contribution in [0.2, 0.25) is 0 Å². The molecule has 0 aliphatic rings. The number of imidazole rings is 1. The summed E-state index contributed by atoms with van der Waals surface area (Å²) in [4.78, 5) is 11.8. The van der Waals surface area contributed by atoms with Gasteiger partial charge in [0.25, 0.3) is 0 Å². The van der Waals surface area contributed by atoms with Gasteiger partial charge in [-0.25, -0.2) is 15.0 Å². The Hall–Kier alpha value is -1.74. The molecule has 6 heteroatoms. The van der Waals surface area contributed by atoms with Crippen LogP contribution in [0, 0.1) is 11.3 Å². The molecule has 0 aromatic carbocycles. The van der Waals surface area contributed by atoms with Crippen molar-refractivity contribution >= 4 is 15.9 Å². The van der Waals surface area contributed by atoms with Gasteiger partial charge in [0.1, 0.15) is 12.4 Å². The van der Waals surface area contributed by atoms with Crippen molar-refractivity contribution in [2.75, 3.05) is 0 Å². The van der Waals surface area contributed by atoms with Gasteiger partial charge in [-0.15, -0.1) is 0 Å². The minimum Gasteiger partial charge on any atom is -0.274 e. The van der Waals surface area contributed by atoms with Crippen LogP contribution in [0.15, 0.2) is 29.4 Å². The maximum atomic E-state index is 8.77. The molecular weight excluding hydrogens is 246 g/mol. The third kappa shape index (κ3) is 1.38. The summed E-state index contributed by atoms with van der Waals surface area (Å²) in [7, 11) is 0. The number of hydrogen-bond donors (Lipinski definition) is 0. The number of rotatable bonds is 1. The Balaban J connectivity index is 2.62. The zero-order chi connectivity index (χ0) is 9.97. The van der Waals surface area contributed by atoms with Crippen molar-refractivity contribution in [1.29, 1.82) is 5.26 Å². The van der Waals surface area contributed by atoms with E-state index in [9.17, 15) is 0 Å². The van der Waals surface area contributed by atoms with Gasteiger partial charge in [-0.2, -0.15) is 5.26 Å². The Morgan fingerprint density at radius 1 is 1.43 bits per heavy atom. The highest BCUT2D eigenvalue weighted by atomic mass is 79.9. The second-order valence-electron chi connectivity index (χ2n) is 2.43. The quantitative estimate of drug-likeness (QED) is 0.764. The Morgan fingerprint density at radius 3 is 3.00 bits per heavy atom. The molecule has 2 heterocycles. The fourth-order valence-electron chi connectivity index (χ4n) is 1.04. The molecule has 0 aliphatic carbocycles. The second kappa shape index (κ2) is 3.55. The molecule has 0 aliphatic heterocycles. The molecule has 0 spiro atoms. The smallest absolute Gasteiger partial charge is 0.218 e. The molecule has 0 amide bonds. The van der Waals surface area contributed by atoms with E-state index >= 15 is 0 Å². The van der Waals surface area contributed by atoms with Gasteiger partial charge in [0, 0.05) is 18.6 Å². The van der Waals surface area contributed by atoms with Crippen LogP contribution in [-0.2, 0) is 0 Å². The number of nitrogens with zero attached hydrogens (tertiary/aromatic N) is 5. The lowest BCUT2D eigenvalue weighted by Gasteiger charge is -2.02. The van der Waals surface area contributed by atoms with Gasteiger partial charge >= 0.3 is 0 Å². The fraction of sp³-hybridized carbons (Fsp3) is 0.